The minimum absolute atomic E-state index is 0.0729. The second kappa shape index (κ2) is 8.48. The summed E-state index contributed by atoms with van der Waals surface area (Å²) in [5.41, 5.74) is 13.3. The molecule has 1 atom stereocenters. The quantitative estimate of drug-likeness (QED) is 0.573. The number of nitrogens with two attached hydrogens (primary N) is 2. The number of nitrogen functional groups attached to an aromatic ring is 2. The molecule has 0 saturated carbocycles. The number of nitrogens with one attached hydrogen (secondary N) is 1. The van der Waals surface area contributed by atoms with E-state index in [0.29, 0.717) is 35.6 Å². The van der Waals surface area contributed by atoms with E-state index >= 15 is 0 Å². The van der Waals surface area contributed by atoms with Crippen LogP contribution in [0.4, 0.5) is 16.3 Å². The molecule has 0 radical (unpaired) electrons. The van der Waals surface area contributed by atoms with Gasteiger partial charge >= 0.3 is 6.09 Å². The van der Waals surface area contributed by atoms with Crippen LogP contribution in [-0.2, 0) is 0 Å². The number of anilines is 2. The summed E-state index contributed by atoms with van der Waals surface area (Å²) in [5, 5.41) is 20.9. The standard InChI is InChI=1S/C20H25N5O3/c1-12(9-20(2,3)25-19(26)27)11-28-16-5-4-13(8-14(16)10-21)15-6-7-24-18(23)17(15)22/h4-8,12,25H,9,11,22H2,1-3H3,(H2,23,24)(H,26,27)/t12-/m0/s1. The molecule has 1 aromatic carbocycles. The Kier molecular flexibility index (Phi) is 6.31. The molecule has 0 spiro atoms. The fourth-order valence-electron chi connectivity index (χ4n) is 3.15. The molecule has 0 saturated heterocycles. The van der Waals surface area contributed by atoms with Crippen molar-refractivity contribution in [1.29, 1.82) is 5.26 Å². The number of rotatable bonds is 7. The van der Waals surface area contributed by atoms with E-state index in [4.69, 9.17) is 21.3 Å². The minimum atomic E-state index is -1.06. The van der Waals surface area contributed by atoms with Gasteiger partial charge in [-0.15, -0.1) is 0 Å². The molecule has 6 N–H and O–H groups in total. The summed E-state index contributed by atoms with van der Waals surface area (Å²) in [6, 6.07) is 9.10. The summed E-state index contributed by atoms with van der Waals surface area (Å²) in [5.74, 6) is 0.772. The molecule has 2 aromatic rings. The third kappa shape index (κ3) is 5.27. The van der Waals surface area contributed by atoms with Gasteiger partial charge in [-0.05, 0) is 49.9 Å². The summed E-state index contributed by atoms with van der Waals surface area (Å²) in [6.07, 6.45) is 1.09. The van der Waals surface area contributed by atoms with Crippen LogP contribution in [0.2, 0.25) is 0 Å². The van der Waals surface area contributed by atoms with Crippen LogP contribution in [0.1, 0.15) is 32.8 Å². The Balaban J connectivity index is 2.12. The molecule has 0 aliphatic rings. The molecule has 8 nitrogen and oxygen atoms in total. The van der Waals surface area contributed by atoms with E-state index in [9.17, 15) is 10.1 Å². The van der Waals surface area contributed by atoms with Gasteiger partial charge in [0.05, 0.1) is 17.9 Å². The van der Waals surface area contributed by atoms with Crippen molar-refractivity contribution in [3.63, 3.8) is 0 Å². The Bertz CT molecular complexity index is 905. The van der Waals surface area contributed by atoms with Crippen LogP contribution in [0, 0.1) is 17.2 Å². The molecule has 1 heterocycles. The molecule has 0 aliphatic carbocycles. The third-order valence-electron chi connectivity index (χ3n) is 4.26. The summed E-state index contributed by atoms with van der Waals surface area (Å²) >= 11 is 0. The number of hydrogen-bond acceptors (Lipinski definition) is 6. The number of nitriles is 1. The van der Waals surface area contributed by atoms with Crippen molar-refractivity contribution in [1.82, 2.24) is 10.3 Å². The number of carbonyl (C=O) groups is 1. The van der Waals surface area contributed by atoms with Gasteiger partial charge in [0.1, 0.15) is 17.6 Å². The predicted molar refractivity (Wildman–Crippen MR) is 108 cm³/mol. The molecule has 0 bridgehead atoms. The van der Waals surface area contributed by atoms with Crippen molar-refractivity contribution >= 4 is 17.6 Å². The van der Waals surface area contributed by atoms with Gasteiger partial charge in [0.25, 0.3) is 0 Å². The van der Waals surface area contributed by atoms with Crippen molar-refractivity contribution in [2.24, 2.45) is 5.92 Å². The average molecular weight is 383 g/mol. The van der Waals surface area contributed by atoms with Crippen molar-refractivity contribution in [2.75, 3.05) is 18.1 Å². The number of carboxylic acid groups (broad SMARTS) is 1. The zero-order chi connectivity index (χ0) is 20.9. The largest absolute Gasteiger partial charge is 0.492 e. The van der Waals surface area contributed by atoms with E-state index in [0.717, 1.165) is 5.56 Å². The molecular weight excluding hydrogens is 358 g/mol. The lowest BCUT2D eigenvalue weighted by Gasteiger charge is -2.28. The number of aromatic nitrogens is 1. The first kappa shape index (κ1) is 20.8. The fraction of sp³-hybridized carbons (Fsp3) is 0.350. The van der Waals surface area contributed by atoms with Gasteiger partial charge in [-0.3, -0.25) is 0 Å². The van der Waals surface area contributed by atoms with E-state index in [1.54, 1.807) is 24.4 Å². The number of benzene rings is 1. The molecule has 8 heteroatoms. The second-order valence-electron chi connectivity index (χ2n) is 7.41. The van der Waals surface area contributed by atoms with E-state index in [1.807, 2.05) is 26.8 Å². The predicted octanol–water partition coefficient (Wildman–Crippen LogP) is 3.24. The van der Waals surface area contributed by atoms with Gasteiger partial charge in [0.2, 0.25) is 0 Å². The van der Waals surface area contributed by atoms with Crippen molar-refractivity contribution in [3.05, 3.63) is 36.0 Å². The van der Waals surface area contributed by atoms with Gasteiger partial charge in [-0.2, -0.15) is 5.26 Å². The lowest BCUT2D eigenvalue weighted by molar-refractivity contribution is 0.169. The number of nitrogens with zero attached hydrogens (tertiary/aromatic N) is 2. The first-order valence-corrected chi connectivity index (χ1v) is 8.81. The first-order chi connectivity index (χ1) is 13.1. The number of pyridine rings is 1. The van der Waals surface area contributed by atoms with Crippen molar-refractivity contribution in [2.45, 2.75) is 32.7 Å². The highest BCUT2D eigenvalue weighted by Crippen LogP contribution is 2.32. The maximum Gasteiger partial charge on any atom is 0.405 e. The van der Waals surface area contributed by atoms with Crippen LogP contribution in [0.25, 0.3) is 11.1 Å². The summed E-state index contributed by atoms with van der Waals surface area (Å²) < 4.78 is 5.82. The van der Waals surface area contributed by atoms with Gasteiger partial charge in [-0.25, -0.2) is 9.78 Å². The molecule has 1 aromatic heterocycles. The summed E-state index contributed by atoms with van der Waals surface area (Å²) in [4.78, 5) is 14.8. The zero-order valence-corrected chi connectivity index (χ0v) is 16.2. The Morgan fingerprint density at radius 3 is 2.75 bits per heavy atom. The lowest BCUT2D eigenvalue weighted by atomic mass is 9.92. The molecule has 0 aliphatic heterocycles. The minimum Gasteiger partial charge on any atom is -0.492 e. The normalized spacial score (nSPS) is 12.1. The second-order valence-corrected chi connectivity index (χ2v) is 7.41. The summed E-state index contributed by atoms with van der Waals surface area (Å²) in [6.45, 7) is 5.95. The van der Waals surface area contributed by atoms with Gasteiger partial charge in [-0.1, -0.05) is 13.0 Å². The van der Waals surface area contributed by atoms with Gasteiger partial charge < -0.3 is 26.6 Å². The topological polar surface area (TPSA) is 147 Å². The van der Waals surface area contributed by atoms with Crippen LogP contribution in [0.5, 0.6) is 5.75 Å². The molecule has 1 amide bonds. The highest BCUT2D eigenvalue weighted by atomic mass is 16.5. The fourth-order valence-corrected chi connectivity index (χ4v) is 3.15. The monoisotopic (exact) mass is 383 g/mol. The van der Waals surface area contributed by atoms with E-state index in [1.165, 1.54) is 0 Å². The number of ether oxygens (including phenoxy) is 1. The Morgan fingerprint density at radius 2 is 2.11 bits per heavy atom. The zero-order valence-electron chi connectivity index (χ0n) is 16.2. The Morgan fingerprint density at radius 1 is 1.39 bits per heavy atom. The summed E-state index contributed by atoms with van der Waals surface area (Å²) in [7, 11) is 0. The number of amides is 1. The van der Waals surface area contributed by atoms with Crippen molar-refractivity contribution in [3.8, 4) is 22.9 Å². The van der Waals surface area contributed by atoms with E-state index < -0.39 is 11.6 Å². The van der Waals surface area contributed by atoms with Crippen LogP contribution in [0.15, 0.2) is 30.5 Å². The number of hydrogen-bond donors (Lipinski definition) is 4. The molecule has 0 fully saturated rings. The van der Waals surface area contributed by atoms with E-state index in [-0.39, 0.29) is 11.7 Å². The van der Waals surface area contributed by atoms with Crippen LogP contribution in [0.3, 0.4) is 0 Å². The van der Waals surface area contributed by atoms with Gasteiger partial charge in [0, 0.05) is 17.3 Å². The highest BCUT2D eigenvalue weighted by Gasteiger charge is 2.23. The molecular formula is C20H25N5O3. The van der Waals surface area contributed by atoms with Crippen LogP contribution < -0.4 is 21.5 Å². The SMILES string of the molecule is C[C@H](COc1ccc(-c2ccnc(N)c2N)cc1C#N)CC(C)(C)NC(=O)O. The lowest BCUT2D eigenvalue weighted by Crippen LogP contribution is -2.44. The van der Waals surface area contributed by atoms with Gasteiger partial charge in [0.15, 0.2) is 0 Å². The maximum atomic E-state index is 10.9. The smallest absolute Gasteiger partial charge is 0.405 e. The Labute approximate surface area is 164 Å². The van der Waals surface area contributed by atoms with E-state index in [2.05, 4.69) is 16.4 Å². The first-order valence-electron chi connectivity index (χ1n) is 8.81. The average Bonchev–Trinajstić information content (AvgIpc) is 2.60. The molecule has 0 unspecified atom stereocenters. The highest BCUT2D eigenvalue weighted by molar-refractivity contribution is 5.83. The van der Waals surface area contributed by atoms with Crippen LogP contribution >= 0.6 is 0 Å². The Hall–Kier alpha value is -3.47. The molecule has 28 heavy (non-hydrogen) atoms. The molecule has 2 rings (SSSR count). The van der Waals surface area contributed by atoms with Crippen molar-refractivity contribution < 1.29 is 14.6 Å². The third-order valence-corrected chi connectivity index (χ3v) is 4.26. The van der Waals surface area contributed by atoms with Crippen LogP contribution in [-0.4, -0.2) is 28.3 Å². The molecule has 148 valence electrons. The maximum absolute atomic E-state index is 10.9.